The van der Waals surface area contributed by atoms with E-state index in [1.807, 2.05) is 36.3 Å². The Hall–Kier alpha value is -2.89. The molecule has 156 valence electrons. The van der Waals surface area contributed by atoms with Crippen LogP contribution in [0.5, 0.6) is 0 Å². The van der Waals surface area contributed by atoms with E-state index < -0.39 is 0 Å². The first-order valence-corrected chi connectivity index (χ1v) is 11.1. The summed E-state index contributed by atoms with van der Waals surface area (Å²) in [5, 5.41) is 8.13. The van der Waals surface area contributed by atoms with E-state index in [-0.39, 0.29) is 5.56 Å². The highest BCUT2D eigenvalue weighted by atomic mass is 16.1. The van der Waals surface area contributed by atoms with Crippen LogP contribution < -0.4 is 10.9 Å². The van der Waals surface area contributed by atoms with E-state index in [9.17, 15) is 4.79 Å². The van der Waals surface area contributed by atoms with Crippen molar-refractivity contribution in [3.8, 4) is 16.8 Å². The van der Waals surface area contributed by atoms with Crippen LogP contribution >= 0.6 is 0 Å². The quantitative estimate of drug-likeness (QED) is 0.655. The van der Waals surface area contributed by atoms with Gasteiger partial charge >= 0.3 is 0 Å². The minimum absolute atomic E-state index is 0.0193. The second kappa shape index (κ2) is 7.42. The van der Waals surface area contributed by atoms with Gasteiger partial charge in [-0.05, 0) is 62.6 Å². The summed E-state index contributed by atoms with van der Waals surface area (Å²) in [7, 11) is 0. The van der Waals surface area contributed by atoms with Crippen LogP contribution in [0.25, 0.3) is 16.8 Å². The summed E-state index contributed by atoms with van der Waals surface area (Å²) in [6.07, 6.45) is 13.5. The van der Waals surface area contributed by atoms with E-state index in [1.165, 1.54) is 32.1 Å². The lowest BCUT2D eigenvalue weighted by molar-refractivity contribution is 0.0191. The summed E-state index contributed by atoms with van der Waals surface area (Å²) in [5.74, 6) is 0.967. The van der Waals surface area contributed by atoms with Crippen molar-refractivity contribution in [3.63, 3.8) is 0 Å². The molecule has 2 fully saturated rings. The van der Waals surface area contributed by atoms with E-state index in [1.54, 1.807) is 10.6 Å². The predicted octanol–water partition coefficient (Wildman–Crippen LogP) is 4.56. The second-order valence-corrected chi connectivity index (χ2v) is 9.03. The maximum Gasteiger partial charge on any atom is 0.250 e. The topological polar surface area (TPSA) is 64.7 Å². The Balaban J connectivity index is 1.32. The highest BCUT2D eigenvalue weighted by Gasteiger charge is 2.48. The maximum absolute atomic E-state index is 12.0. The molecule has 0 unspecified atom stereocenters. The number of rotatable bonds is 6. The van der Waals surface area contributed by atoms with Gasteiger partial charge in [-0.3, -0.25) is 4.79 Å². The van der Waals surface area contributed by atoms with Crippen LogP contribution in [-0.4, -0.2) is 25.4 Å². The van der Waals surface area contributed by atoms with Gasteiger partial charge in [-0.2, -0.15) is 5.10 Å². The van der Waals surface area contributed by atoms with E-state index in [0.29, 0.717) is 18.0 Å². The largest absolute Gasteiger partial charge is 0.367 e. The minimum atomic E-state index is 0.0193. The third-order valence-electron chi connectivity index (χ3n) is 6.80. The number of hydrogen-bond donors (Lipinski definition) is 1. The second-order valence-electron chi connectivity index (χ2n) is 9.03. The van der Waals surface area contributed by atoms with Crippen molar-refractivity contribution in [3.05, 3.63) is 58.9 Å². The van der Waals surface area contributed by atoms with Crippen LogP contribution in [0, 0.1) is 12.3 Å². The van der Waals surface area contributed by atoms with Gasteiger partial charge in [0.15, 0.2) is 0 Å². The molecule has 0 aliphatic heterocycles. The summed E-state index contributed by atoms with van der Waals surface area (Å²) in [6.45, 7) is 4.82. The zero-order chi connectivity index (χ0) is 20.7. The van der Waals surface area contributed by atoms with Crippen molar-refractivity contribution in [2.45, 2.75) is 65.0 Å². The zero-order valence-corrected chi connectivity index (χ0v) is 17.8. The predicted molar refractivity (Wildman–Crippen MR) is 119 cm³/mol. The summed E-state index contributed by atoms with van der Waals surface area (Å²) in [5.41, 5.74) is 4.67. The Morgan fingerprint density at radius 3 is 2.70 bits per heavy atom. The molecule has 2 saturated carbocycles. The fourth-order valence-corrected chi connectivity index (χ4v) is 5.00. The summed E-state index contributed by atoms with van der Waals surface area (Å²) in [6, 6.07) is 8.20. The van der Waals surface area contributed by atoms with E-state index >= 15 is 0 Å². The summed E-state index contributed by atoms with van der Waals surface area (Å²) < 4.78 is 3.55. The number of anilines is 1. The molecule has 3 aromatic rings. The molecular formula is C24H29N5O. The molecule has 0 aromatic carbocycles. The Morgan fingerprint density at radius 1 is 1.17 bits per heavy atom. The van der Waals surface area contributed by atoms with Gasteiger partial charge in [0, 0.05) is 47.9 Å². The molecule has 3 heterocycles. The Labute approximate surface area is 177 Å². The zero-order valence-electron chi connectivity index (χ0n) is 17.8. The van der Waals surface area contributed by atoms with Crippen molar-refractivity contribution in [2.75, 3.05) is 5.32 Å². The van der Waals surface area contributed by atoms with Gasteiger partial charge in [0.05, 0.1) is 11.9 Å². The van der Waals surface area contributed by atoms with Gasteiger partial charge in [-0.25, -0.2) is 9.67 Å². The van der Waals surface area contributed by atoms with E-state index in [4.69, 9.17) is 4.98 Å². The fraction of sp³-hybridized carbons (Fsp3) is 0.458. The van der Waals surface area contributed by atoms with Crippen molar-refractivity contribution in [1.29, 1.82) is 0 Å². The van der Waals surface area contributed by atoms with Crippen LogP contribution in [0.2, 0.25) is 0 Å². The fourth-order valence-electron chi connectivity index (χ4n) is 5.00. The van der Waals surface area contributed by atoms with Crippen molar-refractivity contribution in [1.82, 2.24) is 19.3 Å². The molecule has 2 aliphatic carbocycles. The van der Waals surface area contributed by atoms with Gasteiger partial charge in [-0.15, -0.1) is 0 Å². The average Bonchev–Trinajstić information content (AvgIpc) is 3.14. The van der Waals surface area contributed by atoms with Gasteiger partial charge in [0.2, 0.25) is 0 Å². The Morgan fingerprint density at radius 2 is 2.00 bits per heavy atom. The SMILES string of the molecule is CCCn1cc(-n2cc(-c3ccc(NC4CC5(CCC5)C4)nc3C)cn2)ccc1=O. The highest BCUT2D eigenvalue weighted by molar-refractivity contribution is 5.66. The van der Waals surface area contributed by atoms with Gasteiger partial charge in [0.25, 0.3) is 5.56 Å². The van der Waals surface area contributed by atoms with Crippen molar-refractivity contribution in [2.24, 2.45) is 5.41 Å². The Kier molecular flexibility index (Phi) is 4.72. The molecule has 6 nitrogen and oxygen atoms in total. The molecule has 1 N–H and O–H groups in total. The monoisotopic (exact) mass is 403 g/mol. The standard InChI is InChI=1S/C24H29N5O/c1-3-11-28-16-20(5-8-23(28)30)29-15-18(14-25-29)21-6-7-22(26-17(21)2)27-19-12-24(13-19)9-4-10-24/h5-8,14-16,19H,3-4,9-13H2,1-2H3,(H,26,27). The number of hydrogen-bond acceptors (Lipinski definition) is 4. The molecule has 5 rings (SSSR count). The number of pyridine rings is 2. The average molecular weight is 404 g/mol. The summed E-state index contributed by atoms with van der Waals surface area (Å²) in [4.78, 5) is 16.8. The molecule has 0 bridgehead atoms. The molecule has 0 radical (unpaired) electrons. The maximum atomic E-state index is 12.0. The number of nitrogens with zero attached hydrogens (tertiary/aromatic N) is 4. The first-order valence-electron chi connectivity index (χ1n) is 11.1. The number of aryl methyl sites for hydroxylation is 2. The third kappa shape index (κ3) is 3.44. The first kappa shape index (κ1) is 19.1. The van der Waals surface area contributed by atoms with Gasteiger partial charge in [0.1, 0.15) is 5.82 Å². The molecule has 6 heteroatoms. The van der Waals surface area contributed by atoms with Crippen LogP contribution in [0.15, 0.2) is 47.7 Å². The highest BCUT2D eigenvalue weighted by Crippen LogP contribution is 2.56. The third-order valence-corrected chi connectivity index (χ3v) is 6.80. The van der Waals surface area contributed by atoms with Crippen molar-refractivity contribution >= 4 is 5.82 Å². The van der Waals surface area contributed by atoms with E-state index in [2.05, 4.69) is 29.5 Å². The van der Waals surface area contributed by atoms with Crippen LogP contribution in [0.4, 0.5) is 5.82 Å². The Bertz CT molecular complexity index is 1120. The first-order chi connectivity index (χ1) is 14.5. The molecule has 2 aliphatic rings. The minimum Gasteiger partial charge on any atom is -0.367 e. The number of nitrogens with one attached hydrogen (secondary N) is 1. The molecule has 0 saturated heterocycles. The normalized spacial score (nSPS) is 17.5. The molecule has 30 heavy (non-hydrogen) atoms. The van der Waals surface area contributed by atoms with Crippen molar-refractivity contribution < 1.29 is 0 Å². The van der Waals surface area contributed by atoms with Gasteiger partial charge in [-0.1, -0.05) is 13.3 Å². The van der Waals surface area contributed by atoms with Gasteiger partial charge < -0.3 is 9.88 Å². The lowest BCUT2D eigenvalue weighted by Crippen LogP contribution is -2.49. The summed E-state index contributed by atoms with van der Waals surface area (Å²) >= 11 is 0. The lowest BCUT2D eigenvalue weighted by atomic mass is 9.54. The van der Waals surface area contributed by atoms with E-state index in [0.717, 1.165) is 34.7 Å². The molecule has 3 aromatic heterocycles. The smallest absolute Gasteiger partial charge is 0.250 e. The van der Waals surface area contributed by atoms with Crippen LogP contribution in [0.3, 0.4) is 0 Å². The molecular weight excluding hydrogens is 374 g/mol. The number of aromatic nitrogens is 4. The van der Waals surface area contributed by atoms with Crippen LogP contribution in [-0.2, 0) is 6.54 Å². The molecule has 0 amide bonds. The lowest BCUT2D eigenvalue weighted by Gasteiger charge is -2.54. The van der Waals surface area contributed by atoms with Crippen LogP contribution in [0.1, 0.15) is 51.1 Å². The molecule has 0 atom stereocenters. The molecule has 1 spiro atoms.